The number of methoxy groups -OCH3 is 1. The summed E-state index contributed by atoms with van der Waals surface area (Å²) in [7, 11) is -1.74. The molecule has 1 aliphatic heterocycles. The zero-order valence-electron chi connectivity index (χ0n) is 12.9. The molecule has 0 saturated carbocycles. The lowest BCUT2D eigenvalue weighted by Gasteiger charge is -2.39. The molecular formula is C13H29N3O3S. The van der Waals surface area contributed by atoms with Gasteiger partial charge in [0, 0.05) is 39.3 Å². The van der Waals surface area contributed by atoms with Gasteiger partial charge < -0.3 is 10.5 Å². The first-order valence-corrected chi connectivity index (χ1v) is 8.90. The van der Waals surface area contributed by atoms with Gasteiger partial charge in [0.25, 0.3) is 10.2 Å². The van der Waals surface area contributed by atoms with Gasteiger partial charge in [-0.2, -0.15) is 17.0 Å². The van der Waals surface area contributed by atoms with Gasteiger partial charge in [0.1, 0.15) is 0 Å². The molecule has 0 amide bonds. The van der Waals surface area contributed by atoms with Crippen LogP contribution in [0.25, 0.3) is 0 Å². The lowest BCUT2D eigenvalue weighted by Crippen LogP contribution is -2.55. The predicted molar refractivity (Wildman–Crippen MR) is 80.7 cm³/mol. The van der Waals surface area contributed by atoms with Gasteiger partial charge in [0.05, 0.1) is 6.10 Å². The average molecular weight is 307 g/mol. The van der Waals surface area contributed by atoms with Crippen molar-refractivity contribution >= 4 is 10.2 Å². The first-order chi connectivity index (χ1) is 9.51. The summed E-state index contributed by atoms with van der Waals surface area (Å²) in [6.45, 7) is 5.96. The van der Waals surface area contributed by atoms with E-state index in [9.17, 15) is 8.42 Å². The molecule has 2 unspecified atom stereocenters. The van der Waals surface area contributed by atoms with Crippen molar-refractivity contribution in [1.29, 1.82) is 0 Å². The summed E-state index contributed by atoms with van der Waals surface area (Å²) in [6, 6.07) is -0.157. The first kappa shape index (κ1) is 17.8. The lowest BCUT2D eigenvalue weighted by molar-refractivity contribution is 0.0384. The van der Waals surface area contributed by atoms with Gasteiger partial charge in [0.15, 0.2) is 0 Å². The van der Waals surface area contributed by atoms with Crippen LogP contribution < -0.4 is 5.73 Å². The maximum absolute atomic E-state index is 12.8. The zero-order valence-corrected chi connectivity index (χ0v) is 13.7. The Bertz CT molecular complexity index is 369. The standard InChI is InChI=1S/C13H29N3O3S/c1-4-7-15(8-5-2)20(17,18)16-9-6-13(19-3)10-12(16)11-14/h12-13H,4-11,14H2,1-3H3. The Labute approximate surface area is 123 Å². The van der Waals surface area contributed by atoms with E-state index in [1.807, 2.05) is 13.8 Å². The topological polar surface area (TPSA) is 75.9 Å². The summed E-state index contributed by atoms with van der Waals surface area (Å²) in [4.78, 5) is 0. The van der Waals surface area contributed by atoms with Crippen LogP contribution in [0, 0.1) is 0 Å². The predicted octanol–water partition coefficient (Wildman–Crippen LogP) is 0.791. The summed E-state index contributed by atoms with van der Waals surface area (Å²) >= 11 is 0. The van der Waals surface area contributed by atoms with Crippen molar-refractivity contribution in [3.05, 3.63) is 0 Å². The molecule has 2 atom stereocenters. The van der Waals surface area contributed by atoms with Crippen LogP contribution in [0.5, 0.6) is 0 Å². The normalized spacial score (nSPS) is 25.2. The van der Waals surface area contributed by atoms with Crippen LogP contribution in [0.3, 0.4) is 0 Å². The zero-order chi connectivity index (χ0) is 15.2. The molecule has 0 spiro atoms. The summed E-state index contributed by atoms with van der Waals surface area (Å²) in [6.07, 6.45) is 3.17. The van der Waals surface area contributed by atoms with Crippen LogP contribution in [-0.4, -0.2) is 62.5 Å². The molecule has 0 aromatic carbocycles. The Morgan fingerprint density at radius 2 is 1.90 bits per heavy atom. The van der Waals surface area contributed by atoms with Crippen molar-refractivity contribution in [2.45, 2.75) is 51.7 Å². The van der Waals surface area contributed by atoms with Crippen LogP contribution >= 0.6 is 0 Å². The maximum Gasteiger partial charge on any atom is 0.282 e. The number of rotatable bonds is 8. The molecule has 20 heavy (non-hydrogen) atoms. The molecule has 1 aliphatic rings. The molecule has 7 heteroatoms. The smallest absolute Gasteiger partial charge is 0.282 e. The van der Waals surface area contributed by atoms with E-state index in [-0.39, 0.29) is 12.1 Å². The van der Waals surface area contributed by atoms with Gasteiger partial charge in [-0.3, -0.25) is 0 Å². The molecule has 2 N–H and O–H groups in total. The van der Waals surface area contributed by atoms with Crippen LogP contribution in [0.15, 0.2) is 0 Å². The summed E-state index contributed by atoms with van der Waals surface area (Å²) in [5, 5.41) is 0. The Hall–Kier alpha value is -0.210. The molecule has 1 fully saturated rings. The third kappa shape index (κ3) is 4.14. The Balaban J connectivity index is 2.88. The number of hydrogen-bond acceptors (Lipinski definition) is 4. The van der Waals surface area contributed by atoms with Crippen LogP contribution in [0.2, 0.25) is 0 Å². The van der Waals surface area contributed by atoms with Gasteiger partial charge in [-0.25, -0.2) is 0 Å². The van der Waals surface area contributed by atoms with Gasteiger partial charge in [-0.1, -0.05) is 13.8 Å². The van der Waals surface area contributed by atoms with E-state index in [2.05, 4.69) is 0 Å². The van der Waals surface area contributed by atoms with E-state index >= 15 is 0 Å². The quantitative estimate of drug-likeness (QED) is 0.719. The van der Waals surface area contributed by atoms with Crippen molar-refractivity contribution in [2.75, 3.05) is 33.3 Å². The van der Waals surface area contributed by atoms with Gasteiger partial charge in [-0.15, -0.1) is 0 Å². The number of piperidine rings is 1. The second-order valence-corrected chi connectivity index (χ2v) is 7.17. The molecule has 0 aromatic rings. The fourth-order valence-electron chi connectivity index (χ4n) is 2.71. The van der Waals surface area contributed by atoms with Crippen molar-refractivity contribution in [2.24, 2.45) is 5.73 Å². The summed E-state index contributed by atoms with van der Waals surface area (Å²) in [5.74, 6) is 0. The Morgan fingerprint density at radius 3 is 2.35 bits per heavy atom. The number of hydrogen-bond donors (Lipinski definition) is 1. The molecule has 0 radical (unpaired) electrons. The van der Waals surface area contributed by atoms with Gasteiger partial charge in [0.2, 0.25) is 0 Å². The van der Waals surface area contributed by atoms with Crippen molar-refractivity contribution in [3.63, 3.8) is 0 Å². The fraction of sp³-hybridized carbons (Fsp3) is 1.00. The number of nitrogens with two attached hydrogens (primary N) is 1. The number of ether oxygens (including phenoxy) is 1. The molecule has 0 aliphatic carbocycles. The SMILES string of the molecule is CCCN(CCC)S(=O)(=O)N1CCC(OC)CC1CN. The van der Waals surface area contributed by atoms with Crippen molar-refractivity contribution in [1.82, 2.24) is 8.61 Å². The Kier molecular flexibility index (Phi) is 7.39. The van der Waals surface area contributed by atoms with Gasteiger partial charge >= 0.3 is 0 Å². The van der Waals surface area contributed by atoms with E-state index in [1.165, 1.54) is 0 Å². The monoisotopic (exact) mass is 307 g/mol. The molecule has 1 rings (SSSR count). The largest absolute Gasteiger partial charge is 0.381 e. The van der Waals surface area contributed by atoms with E-state index in [4.69, 9.17) is 10.5 Å². The average Bonchev–Trinajstić information content (AvgIpc) is 2.46. The Morgan fingerprint density at radius 1 is 1.30 bits per heavy atom. The first-order valence-electron chi connectivity index (χ1n) is 7.50. The third-order valence-electron chi connectivity index (χ3n) is 3.79. The number of nitrogens with zero attached hydrogens (tertiary/aromatic N) is 2. The minimum Gasteiger partial charge on any atom is -0.381 e. The van der Waals surface area contributed by atoms with E-state index in [0.717, 1.165) is 19.3 Å². The molecule has 0 bridgehead atoms. The van der Waals surface area contributed by atoms with Crippen molar-refractivity contribution < 1.29 is 13.2 Å². The minimum atomic E-state index is -3.41. The molecule has 1 saturated heterocycles. The van der Waals surface area contributed by atoms with Crippen LogP contribution in [-0.2, 0) is 14.9 Å². The highest BCUT2D eigenvalue weighted by atomic mass is 32.2. The maximum atomic E-state index is 12.8. The van der Waals surface area contributed by atoms with Crippen LogP contribution in [0.1, 0.15) is 39.5 Å². The lowest BCUT2D eigenvalue weighted by atomic mass is 10.0. The molecule has 120 valence electrons. The second kappa shape index (κ2) is 8.29. The highest BCUT2D eigenvalue weighted by Crippen LogP contribution is 2.24. The van der Waals surface area contributed by atoms with Crippen LogP contribution in [0.4, 0.5) is 0 Å². The minimum absolute atomic E-state index is 0.112. The second-order valence-electron chi connectivity index (χ2n) is 5.29. The van der Waals surface area contributed by atoms with E-state index < -0.39 is 10.2 Å². The fourth-order valence-corrected chi connectivity index (χ4v) is 4.72. The van der Waals surface area contributed by atoms with E-state index in [1.54, 1.807) is 15.7 Å². The summed E-state index contributed by atoms with van der Waals surface area (Å²) in [5.41, 5.74) is 5.78. The molecule has 1 heterocycles. The van der Waals surface area contributed by atoms with Gasteiger partial charge in [-0.05, 0) is 25.7 Å². The van der Waals surface area contributed by atoms with Crippen molar-refractivity contribution in [3.8, 4) is 0 Å². The highest BCUT2D eigenvalue weighted by molar-refractivity contribution is 7.86. The highest BCUT2D eigenvalue weighted by Gasteiger charge is 2.38. The molecule has 6 nitrogen and oxygen atoms in total. The third-order valence-corrected chi connectivity index (χ3v) is 5.88. The molecule has 0 aromatic heterocycles. The van der Waals surface area contributed by atoms with E-state index in [0.29, 0.717) is 32.6 Å². The summed E-state index contributed by atoms with van der Waals surface area (Å²) < 4.78 is 34.1. The molecular weight excluding hydrogens is 278 g/mol.